The summed E-state index contributed by atoms with van der Waals surface area (Å²) in [5.41, 5.74) is 0.0407. The van der Waals surface area contributed by atoms with Crippen LogP contribution in [-0.4, -0.2) is 40.7 Å². The van der Waals surface area contributed by atoms with Crippen molar-refractivity contribution in [3.05, 3.63) is 0 Å². The summed E-state index contributed by atoms with van der Waals surface area (Å²) in [5, 5.41) is 0. The van der Waals surface area contributed by atoms with Crippen LogP contribution in [0.5, 0.6) is 0 Å². The topological polar surface area (TPSA) is 29.5 Å². The van der Waals surface area contributed by atoms with Crippen molar-refractivity contribution >= 4 is 17.9 Å². The fourth-order valence-electron chi connectivity index (χ4n) is 2.60. The van der Waals surface area contributed by atoms with Crippen LogP contribution in [-0.2, 0) is 4.74 Å². The minimum absolute atomic E-state index is 0.129. The summed E-state index contributed by atoms with van der Waals surface area (Å²) < 4.78 is 5.52. The summed E-state index contributed by atoms with van der Waals surface area (Å²) >= 11 is 2.05. The number of carbonyl (C=O) groups excluding carboxylic acids is 1. The van der Waals surface area contributed by atoms with Crippen LogP contribution in [0.1, 0.15) is 73.6 Å². The molecule has 0 spiro atoms. The number of likely N-dealkylation sites (tertiary alicyclic amines) is 1. The van der Waals surface area contributed by atoms with Gasteiger partial charge in [0.1, 0.15) is 5.60 Å². The molecule has 0 N–H and O–H groups in total. The molecular weight excluding hydrogens is 294 g/mol. The molecule has 130 valence electrons. The Labute approximate surface area is 141 Å². The molecule has 0 aromatic carbocycles. The van der Waals surface area contributed by atoms with Crippen LogP contribution in [0.15, 0.2) is 0 Å². The van der Waals surface area contributed by atoms with Gasteiger partial charge in [-0.25, -0.2) is 4.79 Å². The molecule has 1 rings (SSSR count). The molecule has 4 heteroatoms. The van der Waals surface area contributed by atoms with Gasteiger partial charge in [0.15, 0.2) is 0 Å². The Hall–Kier alpha value is -0.380. The van der Waals surface area contributed by atoms with E-state index in [1.807, 2.05) is 37.4 Å². The van der Waals surface area contributed by atoms with Gasteiger partial charge < -0.3 is 9.64 Å². The largest absolute Gasteiger partial charge is 0.444 e. The molecule has 3 nitrogen and oxygen atoms in total. The number of nitrogens with zero attached hydrogens (tertiary/aromatic N) is 1. The maximum Gasteiger partial charge on any atom is 0.410 e. The van der Waals surface area contributed by atoms with Crippen LogP contribution in [0.4, 0.5) is 4.79 Å². The first kappa shape index (κ1) is 19.7. The Morgan fingerprint density at radius 2 is 1.86 bits per heavy atom. The zero-order chi connectivity index (χ0) is 16.8. The average molecular weight is 330 g/mol. The first-order chi connectivity index (χ1) is 10.1. The van der Waals surface area contributed by atoms with E-state index in [4.69, 9.17) is 4.74 Å². The van der Waals surface area contributed by atoms with Gasteiger partial charge in [-0.05, 0) is 69.8 Å². The molecule has 0 aromatic rings. The van der Waals surface area contributed by atoms with Crippen LogP contribution >= 0.6 is 11.8 Å². The molecule has 0 aliphatic carbocycles. The quantitative estimate of drug-likeness (QED) is 0.616. The smallest absolute Gasteiger partial charge is 0.410 e. The molecule has 1 aliphatic heterocycles. The Morgan fingerprint density at radius 3 is 2.45 bits per heavy atom. The lowest BCUT2D eigenvalue weighted by Gasteiger charge is -2.28. The second-order valence-corrected chi connectivity index (χ2v) is 9.76. The number of thioether (sulfide) groups is 1. The number of ether oxygens (including phenoxy) is 1. The van der Waals surface area contributed by atoms with Crippen molar-refractivity contribution in [2.24, 2.45) is 5.41 Å². The molecular formula is C18H35NO2S. The summed E-state index contributed by atoms with van der Waals surface area (Å²) in [6.45, 7) is 13.5. The molecule has 0 bridgehead atoms. The lowest BCUT2D eigenvalue weighted by Crippen LogP contribution is -2.39. The van der Waals surface area contributed by atoms with E-state index >= 15 is 0 Å². The maximum atomic E-state index is 12.2. The van der Waals surface area contributed by atoms with Gasteiger partial charge in [-0.1, -0.05) is 20.8 Å². The second kappa shape index (κ2) is 8.47. The summed E-state index contributed by atoms with van der Waals surface area (Å²) in [5.74, 6) is 2.44. The fraction of sp³-hybridized carbons (Fsp3) is 0.944. The van der Waals surface area contributed by atoms with E-state index in [0.717, 1.165) is 25.8 Å². The Bertz CT molecular complexity index is 344. The minimum Gasteiger partial charge on any atom is -0.444 e. The van der Waals surface area contributed by atoms with E-state index in [2.05, 4.69) is 20.8 Å². The average Bonchev–Trinajstić information content (AvgIpc) is 2.78. The fourth-order valence-corrected chi connectivity index (χ4v) is 3.93. The van der Waals surface area contributed by atoms with Crippen molar-refractivity contribution in [1.29, 1.82) is 0 Å². The first-order valence-corrected chi connectivity index (χ1v) is 9.81. The third-order valence-corrected chi connectivity index (χ3v) is 4.90. The van der Waals surface area contributed by atoms with Crippen molar-refractivity contribution < 1.29 is 9.53 Å². The molecule has 22 heavy (non-hydrogen) atoms. The highest BCUT2D eigenvalue weighted by atomic mass is 32.2. The number of amides is 1. The number of rotatable bonds is 6. The standard InChI is InChI=1S/C18H35NO2S/c1-17(2,3)11-14-22-13-8-10-15-9-7-12-19(15)16(20)21-18(4,5)6/h15H,7-14H2,1-6H3/t15-/m0/s1. The number of carbonyl (C=O) groups is 1. The lowest BCUT2D eigenvalue weighted by molar-refractivity contribution is 0.0220. The highest BCUT2D eigenvalue weighted by molar-refractivity contribution is 7.99. The van der Waals surface area contributed by atoms with E-state index in [1.54, 1.807) is 0 Å². The molecule has 1 fully saturated rings. The predicted octanol–water partition coefficient (Wildman–Crippen LogP) is 5.34. The van der Waals surface area contributed by atoms with Crippen molar-refractivity contribution in [3.8, 4) is 0 Å². The minimum atomic E-state index is -0.396. The van der Waals surface area contributed by atoms with E-state index in [9.17, 15) is 4.79 Å². The summed E-state index contributed by atoms with van der Waals surface area (Å²) in [7, 11) is 0. The van der Waals surface area contributed by atoms with Crippen molar-refractivity contribution in [3.63, 3.8) is 0 Å². The van der Waals surface area contributed by atoms with E-state index < -0.39 is 5.60 Å². The third-order valence-electron chi connectivity index (χ3n) is 3.83. The van der Waals surface area contributed by atoms with Gasteiger partial charge in [-0.15, -0.1) is 0 Å². The first-order valence-electron chi connectivity index (χ1n) is 8.66. The molecule has 0 radical (unpaired) electrons. The molecule has 1 aliphatic rings. The Kier molecular flexibility index (Phi) is 7.57. The summed E-state index contributed by atoms with van der Waals surface area (Å²) in [6.07, 6.45) is 5.69. The SMILES string of the molecule is CC(C)(C)CCSCCC[C@@H]1CCCN1C(=O)OC(C)(C)C. The van der Waals surface area contributed by atoms with Crippen molar-refractivity contribution in [2.45, 2.75) is 85.3 Å². The van der Waals surface area contributed by atoms with E-state index in [0.29, 0.717) is 11.5 Å². The third kappa shape index (κ3) is 8.30. The monoisotopic (exact) mass is 329 g/mol. The van der Waals surface area contributed by atoms with Gasteiger partial charge in [0.2, 0.25) is 0 Å². The lowest BCUT2D eigenvalue weighted by atomic mass is 9.94. The molecule has 1 atom stereocenters. The van der Waals surface area contributed by atoms with Crippen LogP contribution in [0.3, 0.4) is 0 Å². The highest BCUT2D eigenvalue weighted by Crippen LogP contribution is 2.26. The van der Waals surface area contributed by atoms with Crippen LogP contribution in [0.25, 0.3) is 0 Å². The van der Waals surface area contributed by atoms with Gasteiger partial charge in [-0.3, -0.25) is 0 Å². The van der Waals surface area contributed by atoms with Crippen LogP contribution < -0.4 is 0 Å². The predicted molar refractivity (Wildman–Crippen MR) is 96.6 cm³/mol. The highest BCUT2D eigenvalue weighted by Gasteiger charge is 2.31. The number of hydrogen-bond acceptors (Lipinski definition) is 3. The Balaban J connectivity index is 2.23. The van der Waals surface area contributed by atoms with Gasteiger partial charge >= 0.3 is 6.09 Å². The zero-order valence-electron chi connectivity index (χ0n) is 15.4. The molecule has 0 unspecified atom stereocenters. The van der Waals surface area contributed by atoms with Gasteiger partial charge in [0.05, 0.1) is 0 Å². The molecule has 1 amide bonds. The molecule has 0 saturated carbocycles. The van der Waals surface area contributed by atoms with E-state index in [1.165, 1.54) is 24.3 Å². The summed E-state index contributed by atoms with van der Waals surface area (Å²) in [4.78, 5) is 14.2. The van der Waals surface area contributed by atoms with Crippen molar-refractivity contribution in [2.75, 3.05) is 18.1 Å². The molecule has 1 heterocycles. The van der Waals surface area contributed by atoms with Crippen molar-refractivity contribution in [1.82, 2.24) is 4.90 Å². The normalized spacial score (nSPS) is 19.5. The van der Waals surface area contributed by atoms with Gasteiger partial charge in [0, 0.05) is 12.6 Å². The van der Waals surface area contributed by atoms with Crippen LogP contribution in [0.2, 0.25) is 0 Å². The van der Waals surface area contributed by atoms with Crippen LogP contribution in [0, 0.1) is 5.41 Å². The summed E-state index contributed by atoms with van der Waals surface area (Å²) in [6, 6.07) is 0.387. The maximum absolute atomic E-state index is 12.2. The van der Waals surface area contributed by atoms with Gasteiger partial charge in [0.25, 0.3) is 0 Å². The molecule has 0 aromatic heterocycles. The molecule has 1 saturated heterocycles. The number of hydrogen-bond donors (Lipinski definition) is 0. The Morgan fingerprint density at radius 1 is 1.18 bits per heavy atom. The second-order valence-electron chi connectivity index (χ2n) is 8.54. The van der Waals surface area contributed by atoms with Gasteiger partial charge in [-0.2, -0.15) is 11.8 Å². The zero-order valence-corrected chi connectivity index (χ0v) is 16.2. The van der Waals surface area contributed by atoms with E-state index in [-0.39, 0.29) is 6.09 Å².